The summed E-state index contributed by atoms with van der Waals surface area (Å²) >= 11 is 5.80. The van der Waals surface area contributed by atoms with E-state index in [4.69, 9.17) is 24.6 Å². The molecule has 0 amide bonds. The number of alkyl halides is 3. The van der Waals surface area contributed by atoms with E-state index < -0.39 is 25.8 Å². The van der Waals surface area contributed by atoms with E-state index in [0.29, 0.717) is 16.5 Å². The third kappa shape index (κ3) is 5.57. The van der Waals surface area contributed by atoms with Crippen molar-refractivity contribution in [2.24, 2.45) is 7.05 Å². The van der Waals surface area contributed by atoms with E-state index in [9.17, 15) is 21.6 Å². The van der Waals surface area contributed by atoms with E-state index in [0.717, 1.165) is 0 Å². The maximum atomic E-state index is 12.5. The van der Waals surface area contributed by atoms with Gasteiger partial charge in [0.05, 0.1) is 12.7 Å². The van der Waals surface area contributed by atoms with Crippen molar-refractivity contribution in [1.29, 1.82) is 0 Å². The van der Waals surface area contributed by atoms with Crippen molar-refractivity contribution < 1.29 is 39.1 Å². The maximum Gasteiger partial charge on any atom is 0.485 e. The summed E-state index contributed by atoms with van der Waals surface area (Å²) in [4.78, 5) is 0. The minimum Gasteiger partial charge on any atom is -0.741 e. The summed E-state index contributed by atoms with van der Waals surface area (Å²) in [5, 5.41) is 0.568. The highest BCUT2D eigenvalue weighted by Gasteiger charge is 2.37. The molecule has 2 aromatic rings. The van der Waals surface area contributed by atoms with Crippen molar-refractivity contribution in [3.8, 4) is 0 Å². The molecule has 27 heavy (non-hydrogen) atoms. The van der Waals surface area contributed by atoms with Gasteiger partial charge in [-0.2, -0.15) is 21.6 Å². The smallest absolute Gasteiger partial charge is 0.485 e. The average Bonchev–Trinajstić information content (AvgIpc) is 2.86. The molecule has 0 aliphatic heterocycles. The number of aryl methyl sites for hydroxylation is 1. The number of nitrogens with zero attached hydrogens (tertiary/aromatic N) is 3. The van der Waals surface area contributed by atoms with Crippen LogP contribution in [0.5, 0.6) is 0 Å². The summed E-state index contributed by atoms with van der Waals surface area (Å²) in [7, 11) is -6.41. The fourth-order valence-electron chi connectivity index (χ4n) is 1.69. The van der Waals surface area contributed by atoms with Gasteiger partial charge in [0.2, 0.25) is 0 Å². The van der Waals surface area contributed by atoms with Gasteiger partial charge in [-0.3, -0.25) is 0 Å². The second-order valence-corrected chi connectivity index (χ2v) is 8.75. The molecule has 0 saturated heterocycles. The van der Waals surface area contributed by atoms with Crippen LogP contribution in [0, 0.1) is 6.92 Å². The Labute approximate surface area is 159 Å². The number of anilines is 1. The first-order chi connectivity index (χ1) is 12.1. The van der Waals surface area contributed by atoms with E-state index in [1.54, 1.807) is 49.0 Å². The molecule has 8 nitrogen and oxygen atoms in total. The lowest BCUT2D eigenvalue weighted by molar-refractivity contribution is -0.676. The summed E-state index contributed by atoms with van der Waals surface area (Å²) < 4.78 is 88.1. The van der Waals surface area contributed by atoms with Crippen LogP contribution in [0.25, 0.3) is 0 Å². The van der Waals surface area contributed by atoms with Crippen LogP contribution < -0.4 is 8.87 Å². The van der Waals surface area contributed by atoms with Gasteiger partial charge in [-0.1, -0.05) is 11.6 Å². The molecule has 152 valence electrons. The van der Waals surface area contributed by atoms with Crippen LogP contribution in [-0.2, 0) is 27.4 Å². The van der Waals surface area contributed by atoms with E-state index in [1.807, 2.05) is 0 Å². The highest BCUT2D eigenvalue weighted by molar-refractivity contribution is 7.91. The van der Waals surface area contributed by atoms with Crippen molar-refractivity contribution in [3.63, 3.8) is 0 Å². The van der Waals surface area contributed by atoms with Crippen LogP contribution in [0.15, 0.2) is 36.7 Å². The summed E-state index contributed by atoms with van der Waals surface area (Å²) in [6.07, 6.45) is 3.22. The lowest BCUT2D eigenvalue weighted by Crippen LogP contribution is -2.36. The number of rotatable bonds is 3. The lowest BCUT2D eigenvalue weighted by Gasteiger charge is -2.16. The zero-order chi connectivity index (χ0) is 21.2. The van der Waals surface area contributed by atoms with Crippen molar-refractivity contribution in [2.45, 2.75) is 12.4 Å². The third-order valence-electron chi connectivity index (χ3n) is 3.32. The minimum atomic E-state index is -6.09. The number of aromatic nitrogens is 2. The zero-order valence-electron chi connectivity index (χ0n) is 14.2. The first-order valence-electron chi connectivity index (χ1n) is 6.89. The van der Waals surface area contributed by atoms with Crippen LogP contribution in [0.4, 0.5) is 18.9 Å². The van der Waals surface area contributed by atoms with E-state index >= 15 is 0 Å². The van der Waals surface area contributed by atoms with Gasteiger partial charge in [0, 0.05) is 19.0 Å². The molecule has 14 heteroatoms. The van der Waals surface area contributed by atoms with Gasteiger partial charge in [-0.25, -0.2) is 17.3 Å². The Morgan fingerprint density at radius 3 is 1.93 bits per heavy atom. The number of hydrogen-bond acceptors (Lipinski definition) is 5. The van der Waals surface area contributed by atoms with Crippen molar-refractivity contribution in [1.82, 2.24) is 3.97 Å². The van der Waals surface area contributed by atoms with Gasteiger partial charge in [0.1, 0.15) is 12.4 Å². The number of benzene rings is 1. The Kier molecular flexibility index (Phi) is 6.91. The Morgan fingerprint density at radius 2 is 1.59 bits per heavy atom. The molecule has 0 saturated carbocycles. The average molecular weight is 450 g/mol. The monoisotopic (exact) mass is 449 g/mol. The Balaban J connectivity index is 0.000000387. The minimum absolute atomic E-state index is 0.556. The molecule has 1 heterocycles. The largest absolute Gasteiger partial charge is 0.741 e. The summed E-state index contributed by atoms with van der Waals surface area (Å²) in [5.74, 6) is 0.626. The quantitative estimate of drug-likeness (QED) is 0.402. The van der Waals surface area contributed by atoms with Crippen molar-refractivity contribution in [3.05, 3.63) is 47.5 Å². The standard InChI is InChI=1S/C12H15ClN3O2S.CHF3O3S/c1-10-14(2)8-9-16(10)19(17,18)15(3)12-6-4-11(13)5-7-12;2-1(3,4)8(5,6)7/h4-9H,1-3H3;(H,5,6,7)/q+1;/p-1. The maximum absolute atomic E-state index is 12.5. The lowest BCUT2D eigenvalue weighted by atomic mass is 10.3. The first-order valence-corrected chi connectivity index (χ1v) is 10.1. The molecule has 1 aromatic carbocycles. The Bertz CT molecular complexity index is 1000. The predicted molar refractivity (Wildman–Crippen MR) is 90.3 cm³/mol. The summed E-state index contributed by atoms with van der Waals surface area (Å²) in [5.41, 5.74) is -5.09. The van der Waals surface area contributed by atoms with E-state index in [-0.39, 0.29) is 0 Å². The molecule has 0 aliphatic rings. The fourth-order valence-corrected chi connectivity index (χ4v) is 3.14. The molecule has 0 fully saturated rings. The summed E-state index contributed by atoms with van der Waals surface area (Å²) in [6, 6.07) is 6.65. The highest BCUT2D eigenvalue weighted by atomic mass is 35.5. The first kappa shape index (κ1) is 23.2. The second-order valence-electron chi connectivity index (χ2n) is 5.10. The van der Waals surface area contributed by atoms with Crippen LogP contribution in [0.1, 0.15) is 5.82 Å². The molecular weight excluding hydrogens is 435 g/mol. The molecule has 0 N–H and O–H groups in total. The van der Waals surface area contributed by atoms with Crippen molar-refractivity contribution in [2.75, 3.05) is 11.4 Å². The SMILES string of the molecule is Cc1n(S(=O)(=O)N(C)c2ccc(Cl)cc2)cc[n+]1C.O=S(=O)([O-])C(F)(F)F. The van der Waals surface area contributed by atoms with Crippen LogP contribution in [0.3, 0.4) is 0 Å². The van der Waals surface area contributed by atoms with Gasteiger partial charge < -0.3 is 4.55 Å². The van der Waals surface area contributed by atoms with E-state index in [2.05, 4.69) is 0 Å². The van der Waals surface area contributed by atoms with Crippen LogP contribution in [0.2, 0.25) is 5.02 Å². The number of halogens is 4. The van der Waals surface area contributed by atoms with Crippen molar-refractivity contribution >= 4 is 37.6 Å². The molecule has 0 bridgehead atoms. The van der Waals surface area contributed by atoms with Gasteiger partial charge >= 0.3 is 15.7 Å². The van der Waals surface area contributed by atoms with Gasteiger partial charge in [-0.05, 0) is 24.3 Å². The van der Waals surface area contributed by atoms with Gasteiger partial charge in [0.15, 0.2) is 10.1 Å². The van der Waals surface area contributed by atoms with Gasteiger partial charge in [-0.15, -0.1) is 3.97 Å². The molecule has 2 rings (SSSR count). The molecule has 0 unspecified atom stereocenters. The Morgan fingerprint density at radius 1 is 1.15 bits per heavy atom. The van der Waals surface area contributed by atoms with E-state index in [1.165, 1.54) is 21.5 Å². The molecule has 1 aromatic heterocycles. The molecular formula is C13H15ClF3N3O5S2. The van der Waals surface area contributed by atoms with Gasteiger partial charge in [0.25, 0.3) is 5.82 Å². The van der Waals surface area contributed by atoms with Crippen LogP contribution in [-0.4, -0.2) is 37.9 Å². The number of hydrogen-bond donors (Lipinski definition) is 0. The second kappa shape index (κ2) is 8.04. The normalized spacial score (nSPS) is 12.3. The summed E-state index contributed by atoms with van der Waals surface area (Å²) in [6.45, 7) is 1.74. The highest BCUT2D eigenvalue weighted by Crippen LogP contribution is 2.21. The predicted octanol–water partition coefficient (Wildman–Crippen LogP) is 1.56. The molecule has 0 radical (unpaired) electrons. The number of imidazole rings is 1. The fraction of sp³-hybridized carbons (Fsp3) is 0.308. The third-order valence-corrected chi connectivity index (χ3v) is 5.93. The topological polar surface area (TPSA) is 103 Å². The molecule has 0 spiro atoms. The molecule has 0 atom stereocenters. The van der Waals surface area contributed by atoms with Crippen LogP contribution >= 0.6 is 11.6 Å². The zero-order valence-corrected chi connectivity index (χ0v) is 16.6. The molecule has 0 aliphatic carbocycles. The Hall–Kier alpha value is -1.83.